The summed E-state index contributed by atoms with van der Waals surface area (Å²) in [5.41, 5.74) is -1.26. The highest BCUT2D eigenvalue weighted by molar-refractivity contribution is 5.86. The molecule has 0 spiro atoms. The molecule has 0 bridgehead atoms. The zero-order valence-electron chi connectivity index (χ0n) is 12.5. The van der Waals surface area contributed by atoms with Gasteiger partial charge in [0.1, 0.15) is 0 Å². The van der Waals surface area contributed by atoms with Crippen molar-refractivity contribution in [3.05, 3.63) is 18.0 Å². The summed E-state index contributed by atoms with van der Waals surface area (Å²) in [6.45, 7) is 2.46. The van der Waals surface area contributed by atoms with Crippen LogP contribution in [0.2, 0.25) is 0 Å². The average molecular weight is 293 g/mol. The maximum atomic E-state index is 12.6. The summed E-state index contributed by atoms with van der Waals surface area (Å²) in [7, 11) is 1.88. The number of rotatable bonds is 6. The highest BCUT2D eigenvalue weighted by Gasteiger charge is 2.44. The topological polar surface area (TPSA) is 69.8 Å². The van der Waals surface area contributed by atoms with E-state index < -0.39 is 5.60 Å². The molecule has 1 amide bonds. The summed E-state index contributed by atoms with van der Waals surface area (Å²) in [4.78, 5) is 16.3. The minimum atomic E-state index is -1.26. The molecule has 3 rings (SSSR count). The summed E-state index contributed by atoms with van der Waals surface area (Å²) in [5, 5.41) is 14.4. The van der Waals surface area contributed by atoms with E-state index in [9.17, 15) is 9.90 Å². The number of hydrogen-bond donors (Lipinski definition) is 1. The Morgan fingerprint density at radius 2 is 2.38 bits per heavy atom. The fourth-order valence-electron chi connectivity index (χ4n) is 3.09. The number of carbonyl (C=O) groups excluding carboxylic acids is 1. The summed E-state index contributed by atoms with van der Waals surface area (Å²) >= 11 is 0. The van der Waals surface area contributed by atoms with E-state index in [0.29, 0.717) is 25.4 Å². The molecule has 6 nitrogen and oxygen atoms in total. The lowest BCUT2D eigenvalue weighted by atomic mass is 9.91. The zero-order chi connectivity index (χ0) is 14.9. The van der Waals surface area contributed by atoms with Crippen molar-refractivity contribution in [3.63, 3.8) is 0 Å². The third-order valence-electron chi connectivity index (χ3n) is 4.33. The molecule has 0 unspecified atom stereocenters. The zero-order valence-corrected chi connectivity index (χ0v) is 12.5. The molecule has 1 aliphatic carbocycles. The molecule has 1 aromatic rings. The van der Waals surface area contributed by atoms with Crippen molar-refractivity contribution in [1.82, 2.24) is 15.0 Å². The average Bonchev–Trinajstić information content (AvgIpc) is 3.10. The van der Waals surface area contributed by atoms with Crippen LogP contribution in [0.25, 0.3) is 0 Å². The Labute approximate surface area is 124 Å². The van der Waals surface area contributed by atoms with Gasteiger partial charge in [-0.3, -0.25) is 9.69 Å². The lowest BCUT2D eigenvalue weighted by Crippen LogP contribution is -2.58. The molecule has 0 aromatic carbocycles. The maximum Gasteiger partial charge on any atom is 0.255 e. The first-order valence-corrected chi connectivity index (χ1v) is 7.67. The van der Waals surface area contributed by atoms with Gasteiger partial charge < -0.3 is 14.5 Å². The van der Waals surface area contributed by atoms with Crippen LogP contribution in [0, 0.1) is 5.92 Å². The molecular weight excluding hydrogens is 270 g/mol. The van der Waals surface area contributed by atoms with Gasteiger partial charge in [-0.25, -0.2) is 0 Å². The van der Waals surface area contributed by atoms with Crippen LogP contribution >= 0.6 is 0 Å². The first-order chi connectivity index (χ1) is 10.1. The molecule has 1 saturated carbocycles. The number of aromatic nitrogens is 1. The Hall–Kier alpha value is -1.40. The number of likely N-dealkylation sites (tertiary alicyclic amines) is 1. The van der Waals surface area contributed by atoms with Crippen LogP contribution in [-0.4, -0.2) is 58.3 Å². The number of amides is 1. The van der Waals surface area contributed by atoms with E-state index in [2.05, 4.69) is 5.16 Å². The molecule has 2 heterocycles. The molecule has 1 saturated heterocycles. The number of nitrogens with zero attached hydrogens (tertiary/aromatic N) is 3. The second kappa shape index (κ2) is 5.77. The lowest BCUT2D eigenvalue weighted by Gasteiger charge is -2.40. The molecular formula is C15H23N3O3. The van der Waals surface area contributed by atoms with Gasteiger partial charge in [-0.15, -0.1) is 0 Å². The van der Waals surface area contributed by atoms with Crippen molar-refractivity contribution < 1.29 is 14.4 Å². The van der Waals surface area contributed by atoms with Gasteiger partial charge in [0.25, 0.3) is 5.91 Å². The predicted molar refractivity (Wildman–Crippen MR) is 76.3 cm³/mol. The van der Waals surface area contributed by atoms with E-state index in [1.807, 2.05) is 16.8 Å². The van der Waals surface area contributed by atoms with Crippen LogP contribution in [0.1, 0.15) is 31.4 Å². The van der Waals surface area contributed by atoms with Gasteiger partial charge in [0.15, 0.2) is 11.4 Å². The first-order valence-electron chi connectivity index (χ1n) is 7.67. The normalized spacial score (nSPS) is 26.6. The van der Waals surface area contributed by atoms with Crippen LogP contribution in [0.5, 0.6) is 0 Å². The fraction of sp³-hybridized carbons (Fsp3) is 0.733. The van der Waals surface area contributed by atoms with E-state index in [4.69, 9.17) is 4.52 Å². The van der Waals surface area contributed by atoms with Crippen LogP contribution in [-0.2, 0) is 11.3 Å². The number of piperidine rings is 1. The standard InChI is InChI=1S/C15H23N3O3/c1-17(10-13-5-7-16-21-13)11-15(20)6-2-8-18(14(15)19)9-12-3-4-12/h5,7,12,20H,2-4,6,8-11H2,1H3/t15-/m1/s1. The number of carbonyl (C=O) groups is 1. The summed E-state index contributed by atoms with van der Waals surface area (Å²) in [6, 6.07) is 1.79. The van der Waals surface area contributed by atoms with E-state index in [1.54, 1.807) is 12.3 Å². The third-order valence-corrected chi connectivity index (χ3v) is 4.33. The number of likely N-dealkylation sites (N-methyl/N-ethyl adjacent to an activating group) is 1. The van der Waals surface area contributed by atoms with Crippen LogP contribution in [0.15, 0.2) is 16.8 Å². The molecule has 21 heavy (non-hydrogen) atoms. The first kappa shape index (κ1) is 14.5. The molecule has 6 heteroatoms. The molecule has 1 aromatic heterocycles. The van der Waals surface area contributed by atoms with Gasteiger partial charge in [-0.05, 0) is 38.6 Å². The molecule has 0 radical (unpaired) electrons. The molecule has 2 fully saturated rings. The highest BCUT2D eigenvalue weighted by atomic mass is 16.5. The van der Waals surface area contributed by atoms with E-state index >= 15 is 0 Å². The van der Waals surface area contributed by atoms with E-state index in [-0.39, 0.29) is 5.91 Å². The monoisotopic (exact) mass is 293 g/mol. The number of hydrogen-bond acceptors (Lipinski definition) is 5. The second-order valence-electron chi connectivity index (χ2n) is 6.48. The highest BCUT2D eigenvalue weighted by Crippen LogP contribution is 2.32. The minimum absolute atomic E-state index is 0.106. The molecule has 1 aliphatic heterocycles. The molecule has 2 aliphatic rings. The van der Waals surface area contributed by atoms with Crippen LogP contribution in [0.4, 0.5) is 0 Å². The lowest BCUT2D eigenvalue weighted by molar-refractivity contribution is -0.159. The van der Waals surface area contributed by atoms with Gasteiger partial charge in [0.05, 0.1) is 12.7 Å². The van der Waals surface area contributed by atoms with Crippen LogP contribution in [0.3, 0.4) is 0 Å². The predicted octanol–water partition coefficient (Wildman–Crippen LogP) is 0.870. The summed E-state index contributed by atoms with van der Waals surface area (Å²) < 4.78 is 5.07. The van der Waals surface area contributed by atoms with Gasteiger partial charge in [-0.1, -0.05) is 5.16 Å². The minimum Gasteiger partial charge on any atom is -0.379 e. The van der Waals surface area contributed by atoms with Gasteiger partial charge in [-0.2, -0.15) is 0 Å². The van der Waals surface area contributed by atoms with Crippen molar-refractivity contribution in [2.24, 2.45) is 5.92 Å². The fourth-order valence-corrected chi connectivity index (χ4v) is 3.09. The van der Waals surface area contributed by atoms with Crippen LogP contribution < -0.4 is 0 Å². The Morgan fingerprint density at radius 1 is 1.57 bits per heavy atom. The van der Waals surface area contributed by atoms with Crippen molar-refractivity contribution in [2.45, 2.75) is 37.8 Å². The van der Waals surface area contributed by atoms with Crippen molar-refractivity contribution >= 4 is 5.91 Å². The van der Waals surface area contributed by atoms with E-state index in [1.165, 1.54) is 12.8 Å². The maximum absolute atomic E-state index is 12.6. The number of aliphatic hydroxyl groups is 1. The van der Waals surface area contributed by atoms with Crippen molar-refractivity contribution in [2.75, 3.05) is 26.7 Å². The quantitative estimate of drug-likeness (QED) is 0.843. The molecule has 1 atom stereocenters. The van der Waals surface area contributed by atoms with E-state index in [0.717, 1.165) is 25.3 Å². The Morgan fingerprint density at radius 3 is 3.05 bits per heavy atom. The largest absolute Gasteiger partial charge is 0.379 e. The van der Waals surface area contributed by atoms with Gasteiger partial charge in [0.2, 0.25) is 0 Å². The smallest absolute Gasteiger partial charge is 0.255 e. The van der Waals surface area contributed by atoms with Crippen molar-refractivity contribution in [3.8, 4) is 0 Å². The molecule has 1 N–H and O–H groups in total. The van der Waals surface area contributed by atoms with Crippen molar-refractivity contribution in [1.29, 1.82) is 0 Å². The van der Waals surface area contributed by atoms with Gasteiger partial charge in [0, 0.05) is 25.7 Å². The SMILES string of the molecule is CN(Cc1ccno1)C[C@]1(O)CCCN(CC2CC2)C1=O. The Bertz CT molecular complexity index is 486. The third kappa shape index (κ3) is 3.44. The summed E-state index contributed by atoms with van der Waals surface area (Å²) in [5.74, 6) is 1.28. The Balaban J connectivity index is 1.59. The second-order valence-corrected chi connectivity index (χ2v) is 6.48. The summed E-state index contributed by atoms with van der Waals surface area (Å²) in [6.07, 6.45) is 5.43. The molecule has 116 valence electrons. The Kier molecular flexibility index (Phi) is 3.99. The van der Waals surface area contributed by atoms with Gasteiger partial charge >= 0.3 is 0 Å².